The molecule has 2 rings (SSSR count). The Hall–Kier alpha value is -1.71. The largest absolute Gasteiger partial charge is 1.00 e. The van der Waals surface area contributed by atoms with Crippen LogP contribution in [0.15, 0.2) is 68.5 Å². The molecule has 14 heteroatoms. The molecule has 0 aliphatic heterocycles. The van der Waals surface area contributed by atoms with Gasteiger partial charge in [-0.1, -0.05) is 36.4 Å². The minimum Gasteiger partial charge on any atom is -0.282 e. The molecule has 29 heavy (non-hydrogen) atoms. The Balaban J connectivity index is 0.00000420. The molecule has 0 spiro atoms. The van der Waals surface area contributed by atoms with Gasteiger partial charge in [0, 0.05) is 11.1 Å². The van der Waals surface area contributed by atoms with Crippen molar-refractivity contribution in [3.05, 3.63) is 59.7 Å². The molecule has 148 valence electrons. The summed E-state index contributed by atoms with van der Waals surface area (Å²) in [5.41, 5.74) is 5.01. The standard InChI is InChI=1S/C15H14N4O6S3.Na/c20-27(21,22)13-7-3-1-5-11(13)9-16-18-15(26)19-17-10-12-6-2-4-8-14(12)28(23,24)25;/h1-10H,(H2,18,19,26)(H,20,21,22)(H,23,24,25);/q;+1/b16-9-,17-10+;. The number of rotatable bonds is 6. The summed E-state index contributed by atoms with van der Waals surface area (Å²) in [5.74, 6) is 0. The van der Waals surface area contributed by atoms with E-state index in [9.17, 15) is 16.8 Å². The van der Waals surface area contributed by atoms with Crippen LogP contribution in [0.3, 0.4) is 0 Å². The van der Waals surface area contributed by atoms with Crippen molar-refractivity contribution in [1.82, 2.24) is 10.9 Å². The van der Waals surface area contributed by atoms with E-state index in [0.717, 1.165) is 12.4 Å². The van der Waals surface area contributed by atoms with Crippen molar-refractivity contribution in [2.45, 2.75) is 9.79 Å². The summed E-state index contributed by atoms with van der Waals surface area (Å²) in [4.78, 5) is -0.640. The molecule has 0 aromatic heterocycles. The molecule has 0 unspecified atom stereocenters. The molecule has 0 heterocycles. The van der Waals surface area contributed by atoms with E-state index in [1.165, 1.54) is 36.4 Å². The molecular formula is C15H14N4NaO6S3+. The minimum absolute atomic E-state index is 0. The van der Waals surface area contributed by atoms with Gasteiger partial charge in [0.15, 0.2) is 0 Å². The van der Waals surface area contributed by atoms with Crippen LogP contribution in [0.2, 0.25) is 0 Å². The van der Waals surface area contributed by atoms with Gasteiger partial charge in [-0.25, -0.2) is 0 Å². The molecule has 2 aromatic carbocycles. The number of hydrazone groups is 2. The molecular weight excluding hydrogens is 451 g/mol. The first-order valence-electron chi connectivity index (χ1n) is 7.34. The van der Waals surface area contributed by atoms with E-state index in [-0.39, 0.29) is 55.6 Å². The minimum atomic E-state index is -4.41. The Kier molecular flexibility index (Phi) is 9.51. The first-order chi connectivity index (χ1) is 13.1. The van der Waals surface area contributed by atoms with Crippen molar-refractivity contribution in [2.75, 3.05) is 0 Å². The van der Waals surface area contributed by atoms with Gasteiger partial charge in [-0.15, -0.1) is 0 Å². The smallest absolute Gasteiger partial charge is 0.282 e. The van der Waals surface area contributed by atoms with Gasteiger partial charge >= 0.3 is 29.6 Å². The third-order valence-electron chi connectivity index (χ3n) is 3.13. The fourth-order valence-corrected chi connectivity index (χ4v) is 3.43. The number of hydrogen-bond donors (Lipinski definition) is 4. The quantitative estimate of drug-likeness (QED) is 0.125. The van der Waals surface area contributed by atoms with Crippen LogP contribution in [0.5, 0.6) is 0 Å². The van der Waals surface area contributed by atoms with Crippen LogP contribution in [0.1, 0.15) is 11.1 Å². The molecule has 0 amide bonds. The molecule has 0 radical (unpaired) electrons. The van der Waals surface area contributed by atoms with E-state index in [1.54, 1.807) is 12.1 Å². The van der Waals surface area contributed by atoms with Crippen molar-refractivity contribution in [2.24, 2.45) is 10.2 Å². The fraction of sp³-hybridized carbons (Fsp3) is 0. The predicted octanol–water partition coefficient (Wildman–Crippen LogP) is -1.98. The normalized spacial score (nSPS) is 11.9. The zero-order valence-electron chi connectivity index (χ0n) is 14.9. The zero-order chi connectivity index (χ0) is 20.8. The van der Waals surface area contributed by atoms with Crippen LogP contribution in [0, 0.1) is 0 Å². The van der Waals surface area contributed by atoms with Crippen LogP contribution >= 0.6 is 12.2 Å². The summed E-state index contributed by atoms with van der Waals surface area (Å²) < 4.78 is 63.4. The molecule has 10 nitrogen and oxygen atoms in total. The molecule has 0 saturated heterocycles. The van der Waals surface area contributed by atoms with Gasteiger partial charge in [0.25, 0.3) is 20.2 Å². The summed E-state index contributed by atoms with van der Waals surface area (Å²) >= 11 is 4.91. The Morgan fingerprint density at radius 1 is 0.793 bits per heavy atom. The van der Waals surface area contributed by atoms with Gasteiger partial charge in [0.05, 0.1) is 12.4 Å². The van der Waals surface area contributed by atoms with E-state index < -0.39 is 20.2 Å². The molecule has 4 N–H and O–H groups in total. The molecule has 2 aromatic rings. The van der Waals surface area contributed by atoms with Gasteiger partial charge in [-0.05, 0) is 24.4 Å². The van der Waals surface area contributed by atoms with Crippen LogP contribution in [0.25, 0.3) is 0 Å². The molecule has 0 bridgehead atoms. The maximum Gasteiger partial charge on any atom is 1.00 e. The van der Waals surface area contributed by atoms with Crippen LogP contribution in [-0.4, -0.2) is 43.5 Å². The summed E-state index contributed by atoms with van der Waals surface area (Å²) in [5, 5.41) is 7.39. The van der Waals surface area contributed by atoms with E-state index >= 15 is 0 Å². The van der Waals surface area contributed by atoms with Crippen molar-refractivity contribution in [3.8, 4) is 0 Å². The number of hydrogen-bond acceptors (Lipinski definition) is 7. The molecule has 0 fully saturated rings. The molecule has 0 aliphatic rings. The Bertz CT molecular complexity index is 1060. The average molecular weight is 465 g/mol. The van der Waals surface area contributed by atoms with Gasteiger partial charge in [0.2, 0.25) is 5.11 Å². The van der Waals surface area contributed by atoms with Gasteiger partial charge in [0.1, 0.15) is 9.79 Å². The summed E-state index contributed by atoms with van der Waals surface area (Å²) in [6, 6.07) is 11.3. The van der Waals surface area contributed by atoms with Crippen LogP contribution in [0.4, 0.5) is 0 Å². The third-order valence-corrected chi connectivity index (χ3v) is 5.17. The van der Waals surface area contributed by atoms with Crippen molar-refractivity contribution in [3.63, 3.8) is 0 Å². The third kappa shape index (κ3) is 7.91. The topological polar surface area (TPSA) is 158 Å². The van der Waals surface area contributed by atoms with Gasteiger partial charge in [-0.3, -0.25) is 20.0 Å². The number of thiocarbonyl (C=S) groups is 1. The molecule has 0 aliphatic carbocycles. The van der Waals surface area contributed by atoms with E-state index in [4.69, 9.17) is 21.3 Å². The summed E-state index contributed by atoms with van der Waals surface area (Å²) in [7, 11) is -8.81. The fourth-order valence-electron chi connectivity index (χ4n) is 1.99. The Morgan fingerprint density at radius 3 is 1.48 bits per heavy atom. The van der Waals surface area contributed by atoms with Crippen molar-refractivity contribution >= 4 is 50.0 Å². The Morgan fingerprint density at radius 2 is 1.14 bits per heavy atom. The first-order valence-corrected chi connectivity index (χ1v) is 10.6. The van der Waals surface area contributed by atoms with Crippen LogP contribution < -0.4 is 40.4 Å². The van der Waals surface area contributed by atoms with E-state index in [2.05, 4.69) is 21.1 Å². The monoisotopic (exact) mass is 465 g/mol. The summed E-state index contributed by atoms with van der Waals surface area (Å²) in [6.45, 7) is 0. The number of benzene rings is 2. The van der Waals surface area contributed by atoms with Crippen molar-refractivity contribution in [1.29, 1.82) is 0 Å². The average Bonchev–Trinajstić information content (AvgIpc) is 2.61. The molecule has 0 atom stereocenters. The maximum absolute atomic E-state index is 11.3. The van der Waals surface area contributed by atoms with E-state index in [1.807, 2.05) is 0 Å². The zero-order valence-corrected chi connectivity index (χ0v) is 19.4. The van der Waals surface area contributed by atoms with Crippen molar-refractivity contribution < 1.29 is 55.5 Å². The van der Waals surface area contributed by atoms with E-state index in [0.29, 0.717) is 0 Å². The van der Waals surface area contributed by atoms with Gasteiger partial charge < -0.3 is 0 Å². The number of nitrogens with one attached hydrogen (secondary N) is 2. The first kappa shape index (κ1) is 25.3. The molecule has 0 saturated carbocycles. The number of nitrogens with zero attached hydrogens (tertiary/aromatic N) is 2. The second-order valence-electron chi connectivity index (χ2n) is 5.09. The summed E-state index contributed by atoms with van der Waals surface area (Å²) in [6.07, 6.45) is 2.27. The second kappa shape index (κ2) is 10.9. The SMILES string of the molecule is O=S(=O)(O)c1ccccc1/C=N\NC(=S)N/N=C/c1ccccc1S(=O)(=O)O.[Na+]. The maximum atomic E-state index is 11.3. The second-order valence-corrected chi connectivity index (χ2v) is 8.28. The predicted molar refractivity (Wildman–Crippen MR) is 107 cm³/mol. The van der Waals surface area contributed by atoms with Gasteiger partial charge in [-0.2, -0.15) is 27.0 Å². The van der Waals surface area contributed by atoms with Crippen LogP contribution in [-0.2, 0) is 20.2 Å². The Labute approximate surface area is 194 Å².